The molecule has 0 radical (unpaired) electrons. The lowest BCUT2D eigenvalue weighted by atomic mass is 10.3. The summed E-state index contributed by atoms with van der Waals surface area (Å²) in [5.74, 6) is -0.550. The summed E-state index contributed by atoms with van der Waals surface area (Å²) < 4.78 is 52.4. The van der Waals surface area contributed by atoms with Gasteiger partial charge in [0, 0.05) is 11.9 Å². The van der Waals surface area contributed by atoms with Crippen LogP contribution in [0.2, 0.25) is 5.02 Å². The van der Waals surface area contributed by atoms with Crippen LogP contribution in [0.1, 0.15) is 11.4 Å². The van der Waals surface area contributed by atoms with E-state index in [1.807, 2.05) is 0 Å². The van der Waals surface area contributed by atoms with Crippen LogP contribution in [0.5, 0.6) is 0 Å². The van der Waals surface area contributed by atoms with Crippen LogP contribution < -0.4 is 5.32 Å². The molecule has 0 aliphatic rings. The van der Waals surface area contributed by atoms with Crippen molar-refractivity contribution in [2.24, 2.45) is 0 Å². The average Bonchev–Trinajstić information content (AvgIpc) is 3.04. The number of alkyl halides is 3. The lowest BCUT2D eigenvalue weighted by Crippen LogP contribution is -2.09. The molecule has 0 aliphatic heterocycles. The van der Waals surface area contributed by atoms with Gasteiger partial charge in [-0.3, -0.25) is 4.98 Å². The zero-order chi connectivity index (χ0) is 18.0. The Morgan fingerprint density at radius 2 is 1.96 bits per heavy atom. The Labute approximate surface area is 144 Å². The number of rotatable bonds is 4. The molecule has 2 heterocycles. The number of nitrogens with one attached hydrogen (secondary N) is 1. The third kappa shape index (κ3) is 4.05. The second-order valence-electron chi connectivity index (χ2n) is 5.03. The number of pyridine rings is 1. The topological polar surface area (TPSA) is 55.6 Å². The number of aromatic nitrogens is 4. The molecule has 0 saturated carbocycles. The third-order valence-electron chi connectivity index (χ3n) is 3.23. The van der Waals surface area contributed by atoms with Crippen molar-refractivity contribution in [2.75, 3.05) is 5.32 Å². The second kappa shape index (κ2) is 6.67. The van der Waals surface area contributed by atoms with Gasteiger partial charge in [0.1, 0.15) is 17.2 Å². The van der Waals surface area contributed by atoms with Crippen molar-refractivity contribution in [2.45, 2.75) is 12.7 Å². The monoisotopic (exact) mass is 371 g/mol. The Balaban J connectivity index is 1.71. The van der Waals surface area contributed by atoms with Gasteiger partial charge in [-0.05, 0) is 30.3 Å². The lowest BCUT2D eigenvalue weighted by molar-refractivity contribution is -0.141. The van der Waals surface area contributed by atoms with Gasteiger partial charge < -0.3 is 5.32 Å². The molecule has 0 spiro atoms. The fourth-order valence-electron chi connectivity index (χ4n) is 2.02. The van der Waals surface area contributed by atoms with Crippen LogP contribution in [0.3, 0.4) is 0 Å². The summed E-state index contributed by atoms with van der Waals surface area (Å²) >= 11 is 5.72. The minimum absolute atomic E-state index is 0.0517. The fourth-order valence-corrected chi connectivity index (χ4v) is 2.20. The van der Waals surface area contributed by atoms with Crippen molar-refractivity contribution in [3.8, 4) is 5.69 Å². The Morgan fingerprint density at radius 3 is 2.68 bits per heavy atom. The van der Waals surface area contributed by atoms with Gasteiger partial charge in [-0.15, -0.1) is 5.10 Å². The first kappa shape index (κ1) is 17.2. The maximum atomic E-state index is 13.2. The summed E-state index contributed by atoms with van der Waals surface area (Å²) in [6.07, 6.45) is -1.88. The number of anilines is 1. The zero-order valence-corrected chi connectivity index (χ0v) is 13.2. The third-order valence-corrected chi connectivity index (χ3v) is 3.52. The van der Waals surface area contributed by atoms with Gasteiger partial charge in [-0.25, -0.2) is 9.07 Å². The molecule has 0 atom stereocenters. The highest BCUT2D eigenvalue weighted by atomic mass is 35.5. The first-order valence-electron chi connectivity index (χ1n) is 6.97. The predicted molar refractivity (Wildman–Crippen MR) is 82.9 cm³/mol. The van der Waals surface area contributed by atoms with E-state index in [2.05, 4.69) is 20.6 Å². The molecule has 3 aromatic rings. The molecule has 10 heteroatoms. The number of benzene rings is 1. The standard InChI is InChI=1S/C15H10ClF4N5/c16-12-6-11(1-2-13(12)17)25-8-10(23-24-25)7-22-9-3-4-21-14(5-9)15(18,19)20/h1-6,8H,7H2,(H,21,22). The van der Waals surface area contributed by atoms with Gasteiger partial charge in [0.15, 0.2) is 0 Å². The Bertz CT molecular complexity index is 894. The largest absolute Gasteiger partial charge is 0.433 e. The van der Waals surface area contributed by atoms with Crippen LogP contribution in [-0.2, 0) is 12.7 Å². The van der Waals surface area contributed by atoms with Crippen molar-refractivity contribution < 1.29 is 17.6 Å². The van der Waals surface area contributed by atoms with Gasteiger partial charge in [0.25, 0.3) is 0 Å². The number of hydrogen-bond acceptors (Lipinski definition) is 4. The average molecular weight is 372 g/mol. The molecule has 0 aliphatic carbocycles. The molecule has 130 valence electrons. The van der Waals surface area contributed by atoms with E-state index in [0.29, 0.717) is 11.4 Å². The Hall–Kier alpha value is -2.68. The van der Waals surface area contributed by atoms with Crippen molar-refractivity contribution >= 4 is 17.3 Å². The molecule has 0 unspecified atom stereocenters. The first-order chi connectivity index (χ1) is 11.8. The molecule has 0 bridgehead atoms. The van der Waals surface area contributed by atoms with Crippen LogP contribution >= 0.6 is 11.6 Å². The molecule has 1 aromatic carbocycles. The molecule has 5 nitrogen and oxygen atoms in total. The van der Waals surface area contributed by atoms with Crippen LogP contribution in [0, 0.1) is 5.82 Å². The normalized spacial score (nSPS) is 11.6. The first-order valence-corrected chi connectivity index (χ1v) is 7.34. The maximum Gasteiger partial charge on any atom is 0.433 e. The molecule has 0 saturated heterocycles. The Morgan fingerprint density at radius 1 is 1.16 bits per heavy atom. The molecule has 3 rings (SSSR count). The van der Waals surface area contributed by atoms with Gasteiger partial charge in [0.2, 0.25) is 0 Å². The summed E-state index contributed by atoms with van der Waals surface area (Å²) in [6, 6.07) is 6.39. The summed E-state index contributed by atoms with van der Waals surface area (Å²) in [7, 11) is 0. The maximum absolute atomic E-state index is 13.2. The highest BCUT2D eigenvalue weighted by Gasteiger charge is 2.32. The predicted octanol–water partition coefficient (Wildman–Crippen LogP) is 4.09. The molecule has 0 amide bonds. The molecule has 1 N–H and O–H groups in total. The molecular formula is C15H10ClF4N5. The van der Waals surface area contributed by atoms with Crippen molar-refractivity contribution in [3.05, 3.63) is 65.0 Å². The van der Waals surface area contributed by atoms with E-state index in [1.165, 1.54) is 28.9 Å². The smallest absolute Gasteiger partial charge is 0.379 e. The van der Waals surface area contributed by atoms with E-state index >= 15 is 0 Å². The highest BCUT2D eigenvalue weighted by Crippen LogP contribution is 2.28. The van der Waals surface area contributed by atoms with Gasteiger partial charge in [-0.1, -0.05) is 16.8 Å². The van der Waals surface area contributed by atoms with Crippen molar-refractivity contribution in [3.63, 3.8) is 0 Å². The molecule has 0 fully saturated rings. The minimum atomic E-state index is -4.51. The summed E-state index contributed by atoms with van der Waals surface area (Å²) in [5, 5.41) is 10.6. The highest BCUT2D eigenvalue weighted by molar-refractivity contribution is 6.30. The minimum Gasteiger partial charge on any atom is -0.379 e. The van der Waals surface area contributed by atoms with Crippen LogP contribution in [-0.4, -0.2) is 20.0 Å². The summed E-state index contributed by atoms with van der Waals surface area (Å²) in [6.45, 7) is 0.149. The van der Waals surface area contributed by atoms with Crippen molar-refractivity contribution in [1.82, 2.24) is 20.0 Å². The van der Waals surface area contributed by atoms with Crippen LogP contribution in [0.25, 0.3) is 5.69 Å². The van der Waals surface area contributed by atoms with E-state index in [0.717, 1.165) is 12.3 Å². The van der Waals surface area contributed by atoms with E-state index in [-0.39, 0.29) is 17.3 Å². The summed E-state index contributed by atoms with van der Waals surface area (Å²) in [5.41, 5.74) is 0.253. The second-order valence-corrected chi connectivity index (χ2v) is 5.44. The van der Waals surface area contributed by atoms with Crippen LogP contribution in [0.15, 0.2) is 42.7 Å². The number of hydrogen-bond donors (Lipinski definition) is 1. The van der Waals surface area contributed by atoms with E-state index in [1.54, 1.807) is 6.20 Å². The Kier molecular flexibility index (Phi) is 4.58. The van der Waals surface area contributed by atoms with Gasteiger partial charge in [-0.2, -0.15) is 13.2 Å². The van der Waals surface area contributed by atoms with Gasteiger partial charge >= 0.3 is 6.18 Å². The fraction of sp³-hybridized carbons (Fsp3) is 0.133. The molecule has 2 aromatic heterocycles. The quantitative estimate of drug-likeness (QED) is 0.702. The number of halogens is 5. The van der Waals surface area contributed by atoms with E-state index in [9.17, 15) is 17.6 Å². The van der Waals surface area contributed by atoms with E-state index < -0.39 is 17.7 Å². The summed E-state index contributed by atoms with van der Waals surface area (Å²) in [4.78, 5) is 3.28. The molecular weight excluding hydrogens is 362 g/mol. The lowest BCUT2D eigenvalue weighted by Gasteiger charge is -2.08. The van der Waals surface area contributed by atoms with Crippen LogP contribution in [0.4, 0.5) is 23.2 Å². The zero-order valence-electron chi connectivity index (χ0n) is 12.4. The number of nitrogens with zero attached hydrogens (tertiary/aromatic N) is 4. The van der Waals surface area contributed by atoms with Crippen molar-refractivity contribution in [1.29, 1.82) is 0 Å². The SMILES string of the molecule is Fc1ccc(-n2cc(CNc3ccnc(C(F)(F)F)c3)nn2)cc1Cl. The van der Waals surface area contributed by atoms with E-state index in [4.69, 9.17) is 11.6 Å². The van der Waals surface area contributed by atoms with Gasteiger partial charge in [0.05, 0.1) is 23.5 Å². The molecule has 25 heavy (non-hydrogen) atoms.